The maximum atomic E-state index is 8.61. The minimum atomic E-state index is 0.492. The molecule has 0 spiro atoms. The van der Waals surface area contributed by atoms with Crippen LogP contribution in [0.4, 0.5) is 0 Å². The van der Waals surface area contributed by atoms with Crippen LogP contribution in [0.1, 0.15) is 17.5 Å². The molecule has 1 aliphatic rings. The Morgan fingerprint density at radius 1 is 1.50 bits per heavy atom. The normalized spacial score (nSPS) is 14.6. The first-order chi connectivity index (χ1) is 7.79. The van der Waals surface area contributed by atoms with E-state index in [9.17, 15) is 0 Å². The molecule has 3 heteroatoms. The number of nitrogens with zero attached hydrogens (tertiary/aromatic N) is 2. The Hall–Kier alpha value is -0.980. The Balaban J connectivity index is 2.08. The molecule has 0 saturated heterocycles. The number of thioether (sulfide) groups is 1. The summed E-state index contributed by atoms with van der Waals surface area (Å²) in [5.41, 5.74) is 2.80. The summed E-state index contributed by atoms with van der Waals surface area (Å²) in [6, 6.07) is 8.89. The first-order valence-corrected chi connectivity index (χ1v) is 6.58. The summed E-state index contributed by atoms with van der Waals surface area (Å²) < 4.78 is 0. The molecule has 2 nitrogen and oxygen atoms in total. The van der Waals surface area contributed by atoms with Gasteiger partial charge in [-0.05, 0) is 42.8 Å². The zero-order chi connectivity index (χ0) is 11.4. The number of nitriles is 1. The third-order valence-electron chi connectivity index (χ3n) is 2.77. The fourth-order valence-electron chi connectivity index (χ4n) is 2.00. The molecule has 1 aromatic carbocycles. The average Bonchev–Trinajstić information content (AvgIpc) is 2.29. The Kier molecular flexibility index (Phi) is 3.87. The SMILES string of the molecule is CN(CC#N)Cc1ccc2c(c1)CCCS2. The lowest BCUT2D eigenvalue weighted by Gasteiger charge is -2.18. The molecule has 0 radical (unpaired) electrons. The maximum absolute atomic E-state index is 8.61. The highest BCUT2D eigenvalue weighted by Crippen LogP contribution is 2.30. The predicted molar refractivity (Wildman–Crippen MR) is 67.4 cm³/mol. The fraction of sp³-hybridized carbons (Fsp3) is 0.462. The van der Waals surface area contributed by atoms with Crippen molar-refractivity contribution < 1.29 is 0 Å². The molecule has 84 valence electrons. The van der Waals surface area contributed by atoms with Gasteiger partial charge in [0.15, 0.2) is 0 Å². The molecule has 1 heterocycles. The van der Waals surface area contributed by atoms with Crippen LogP contribution in [0.3, 0.4) is 0 Å². The first-order valence-electron chi connectivity index (χ1n) is 5.59. The standard InChI is InChI=1S/C13H16N2S/c1-15(7-6-14)10-11-4-5-13-12(9-11)3-2-8-16-13/h4-5,9H,2-3,7-8,10H2,1H3. The summed E-state index contributed by atoms with van der Waals surface area (Å²) in [6.45, 7) is 1.36. The van der Waals surface area contributed by atoms with Crippen molar-refractivity contribution in [1.29, 1.82) is 5.26 Å². The number of rotatable bonds is 3. The molecule has 0 atom stereocenters. The third-order valence-corrected chi connectivity index (χ3v) is 3.97. The van der Waals surface area contributed by atoms with E-state index >= 15 is 0 Å². The van der Waals surface area contributed by atoms with Gasteiger partial charge in [0, 0.05) is 11.4 Å². The van der Waals surface area contributed by atoms with E-state index in [0.29, 0.717) is 6.54 Å². The quantitative estimate of drug-likeness (QED) is 0.750. The van der Waals surface area contributed by atoms with Crippen molar-refractivity contribution in [1.82, 2.24) is 4.90 Å². The molecule has 0 bridgehead atoms. The van der Waals surface area contributed by atoms with Gasteiger partial charge >= 0.3 is 0 Å². The lowest BCUT2D eigenvalue weighted by Crippen LogP contribution is -2.18. The molecule has 0 aromatic heterocycles. The van der Waals surface area contributed by atoms with Crippen LogP contribution in [-0.4, -0.2) is 24.2 Å². The van der Waals surface area contributed by atoms with Gasteiger partial charge in [0.1, 0.15) is 0 Å². The molecule has 0 aliphatic carbocycles. The van der Waals surface area contributed by atoms with Gasteiger partial charge in [-0.1, -0.05) is 12.1 Å². The predicted octanol–water partition coefficient (Wildman–Crippen LogP) is 2.68. The second kappa shape index (κ2) is 5.38. The van der Waals surface area contributed by atoms with E-state index in [2.05, 4.69) is 24.3 Å². The molecule has 0 saturated carbocycles. The Labute approximate surface area is 101 Å². The number of fused-ring (bicyclic) bond motifs is 1. The van der Waals surface area contributed by atoms with Gasteiger partial charge in [0.2, 0.25) is 0 Å². The Morgan fingerprint density at radius 2 is 2.38 bits per heavy atom. The van der Waals surface area contributed by atoms with Gasteiger partial charge in [-0.3, -0.25) is 4.90 Å². The molecule has 0 amide bonds. The van der Waals surface area contributed by atoms with Crippen molar-refractivity contribution >= 4 is 11.8 Å². The smallest absolute Gasteiger partial charge is 0.0866 e. The van der Waals surface area contributed by atoms with Crippen molar-refractivity contribution in [3.63, 3.8) is 0 Å². The van der Waals surface area contributed by atoms with E-state index < -0.39 is 0 Å². The summed E-state index contributed by atoms with van der Waals surface area (Å²) in [5.74, 6) is 1.25. The molecule has 2 rings (SSSR count). The van der Waals surface area contributed by atoms with E-state index in [1.54, 1.807) is 0 Å². The maximum Gasteiger partial charge on any atom is 0.0866 e. The third kappa shape index (κ3) is 2.78. The van der Waals surface area contributed by atoms with Crippen LogP contribution in [-0.2, 0) is 13.0 Å². The van der Waals surface area contributed by atoms with Crippen LogP contribution in [0.2, 0.25) is 0 Å². The van der Waals surface area contributed by atoms with Gasteiger partial charge in [-0.15, -0.1) is 11.8 Å². The summed E-state index contributed by atoms with van der Waals surface area (Å²) in [5, 5.41) is 8.61. The van der Waals surface area contributed by atoms with Gasteiger partial charge in [-0.2, -0.15) is 5.26 Å². The van der Waals surface area contributed by atoms with Crippen molar-refractivity contribution in [2.45, 2.75) is 24.3 Å². The molecule has 0 fully saturated rings. The highest BCUT2D eigenvalue weighted by molar-refractivity contribution is 7.99. The number of benzene rings is 1. The van der Waals surface area contributed by atoms with E-state index in [1.165, 1.54) is 34.6 Å². The molecule has 1 aliphatic heterocycles. The van der Waals surface area contributed by atoms with Crippen LogP contribution in [0, 0.1) is 11.3 Å². The van der Waals surface area contributed by atoms with E-state index in [4.69, 9.17) is 5.26 Å². The summed E-state index contributed by atoms with van der Waals surface area (Å²) in [7, 11) is 1.98. The number of hydrogen-bond donors (Lipinski definition) is 0. The zero-order valence-electron chi connectivity index (χ0n) is 9.57. The Bertz CT molecular complexity index is 409. The fourth-order valence-corrected chi connectivity index (χ4v) is 3.02. The van der Waals surface area contributed by atoms with E-state index in [0.717, 1.165) is 6.54 Å². The van der Waals surface area contributed by atoms with Crippen LogP contribution in [0.5, 0.6) is 0 Å². The summed E-state index contributed by atoms with van der Waals surface area (Å²) in [4.78, 5) is 3.48. The van der Waals surface area contributed by atoms with Crippen molar-refractivity contribution in [3.8, 4) is 6.07 Å². The highest BCUT2D eigenvalue weighted by Gasteiger charge is 2.10. The van der Waals surface area contributed by atoms with Gasteiger partial charge in [0.25, 0.3) is 0 Å². The van der Waals surface area contributed by atoms with Crippen LogP contribution < -0.4 is 0 Å². The number of hydrogen-bond acceptors (Lipinski definition) is 3. The average molecular weight is 232 g/mol. The lowest BCUT2D eigenvalue weighted by atomic mass is 10.1. The molecule has 1 aromatic rings. The molecule has 0 N–H and O–H groups in total. The Morgan fingerprint density at radius 3 is 3.19 bits per heavy atom. The summed E-state index contributed by atoms with van der Waals surface area (Å²) in [6.07, 6.45) is 2.49. The molecular weight excluding hydrogens is 216 g/mol. The minimum absolute atomic E-state index is 0.492. The second-order valence-corrected chi connectivity index (χ2v) is 5.36. The molecule has 16 heavy (non-hydrogen) atoms. The van der Waals surface area contributed by atoms with Crippen LogP contribution in [0.25, 0.3) is 0 Å². The van der Waals surface area contributed by atoms with E-state index in [1.807, 2.05) is 23.7 Å². The minimum Gasteiger partial charge on any atom is -0.289 e. The van der Waals surface area contributed by atoms with Crippen molar-refractivity contribution in [2.75, 3.05) is 19.3 Å². The van der Waals surface area contributed by atoms with Crippen LogP contribution >= 0.6 is 11.8 Å². The van der Waals surface area contributed by atoms with Gasteiger partial charge < -0.3 is 0 Å². The first kappa shape index (κ1) is 11.5. The topological polar surface area (TPSA) is 27.0 Å². The zero-order valence-corrected chi connectivity index (χ0v) is 10.4. The monoisotopic (exact) mass is 232 g/mol. The van der Waals surface area contributed by atoms with Crippen LogP contribution in [0.15, 0.2) is 23.1 Å². The highest BCUT2D eigenvalue weighted by atomic mass is 32.2. The van der Waals surface area contributed by atoms with Crippen molar-refractivity contribution in [2.24, 2.45) is 0 Å². The second-order valence-electron chi connectivity index (χ2n) is 4.22. The summed E-state index contributed by atoms with van der Waals surface area (Å²) >= 11 is 1.96. The van der Waals surface area contributed by atoms with Gasteiger partial charge in [-0.25, -0.2) is 0 Å². The number of aryl methyl sites for hydroxylation is 1. The largest absolute Gasteiger partial charge is 0.289 e. The van der Waals surface area contributed by atoms with E-state index in [-0.39, 0.29) is 0 Å². The molecular formula is C13H16N2S. The van der Waals surface area contributed by atoms with Crippen molar-refractivity contribution in [3.05, 3.63) is 29.3 Å². The van der Waals surface area contributed by atoms with Gasteiger partial charge in [0.05, 0.1) is 12.6 Å². The lowest BCUT2D eigenvalue weighted by molar-refractivity contribution is 0.367. The molecule has 0 unspecified atom stereocenters.